The van der Waals surface area contributed by atoms with Crippen molar-refractivity contribution in [2.75, 3.05) is 11.9 Å². The molecule has 0 fully saturated rings. The molecule has 2 heterocycles. The molecule has 0 saturated carbocycles. The van der Waals surface area contributed by atoms with Crippen molar-refractivity contribution in [3.8, 4) is 0 Å². The van der Waals surface area contributed by atoms with Crippen molar-refractivity contribution in [1.82, 2.24) is 30.0 Å². The molecule has 0 aliphatic heterocycles. The minimum Gasteiger partial charge on any atom is -0.367 e. The maximum absolute atomic E-state index is 4.53. The number of fused-ring (bicyclic) bond motifs is 1. The Hall–Kier alpha value is -2.15. The first-order valence-electron chi connectivity index (χ1n) is 9.25. The van der Waals surface area contributed by atoms with Crippen LogP contribution in [0.1, 0.15) is 48.5 Å². The molecule has 2 aromatic rings. The molecule has 0 spiro atoms. The molecular formula is C19H33N7. The molecule has 0 atom stereocenters. The van der Waals surface area contributed by atoms with E-state index in [1.807, 2.05) is 10.9 Å². The molecule has 0 unspecified atom stereocenters. The van der Waals surface area contributed by atoms with Crippen molar-refractivity contribution < 1.29 is 0 Å². The van der Waals surface area contributed by atoms with Crippen molar-refractivity contribution in [2.45, 2.75) is 72.6 Å². The van der Waals surface area contributed by atoms with Crippen LogP contribution in [0, 0.1) is 0 Å². The average molecular weight is 360 g/mol. The SMILES string of the molecule is C=C(Nc1ncnc2c1cnn2CCN(C(C)C)C(C)C)NC(C)(C)C. The largest absolute Gasteiger partial charge is 0.367 e. The van der Waals surface area contributed by atoms with Crippen LogP contribution in [0.3, 0.4) is 0 Å². The predicted octanol–water partition coefficient (Wildman–Crippen LogP) is 3.22. The number of hydrogen-bond donors (Lipinski definition) is 2. The van der Waals surface area contributed by atoms with Crippen LogP contribution in [-0.2, 0) is 6.54 Å². The van der Waals surface area contributed by atoms with Gasteiger partial charge in [0.1, 0.15) is 12.1 Å². The lowest BCUT2D eigenvalue weighted by Crippen LogP contribution is -2.39. The molecule has 2 N–H and O–H groups in total. The van der Waals surface area contributed by atoms with E-state index in [0.29, 0.717) is 23.7 Å². The third-order valence-electron chi connectivity index (χ3n) is 4.13. The van der Waals surface area contributed by atoms with Crippen LogP contribution in [0.25, 0.3) is 11.0 Å². The molecule has 0 radical (unpaired) electrons. The van der Waals surface area contributed by atoms with Crippen LogP contribution in [0.4, 0.5) is 5.82 Å². The normalized spacial score (nSPS) is 12.4. The first-order valence-corrected chi connectivity index (χ1v) is 9.25. The molecular weight excluding hydrogens is 326 g/mol. The summed E-state index contributed by atoms with van der Waals surface area (Å²) in [6.45, 7) is 20.9. The fourth-order valence-corrected chi connectivity index (χ4v) is 3.11. The number of aromatic nitrogens is 4. The first kappa shape index (κ1) is 20.2. The number of nitrogens with zero attached hydrogens (tertiary/aromatic N) is 5. The quantitative estimate of drug-likeness (QED) is 0.754. The van der Waals surface area contributed by atoms with E-state index < -0.39 is 0 Å². The molecule has 0 aliphatic rings. The van der Waals surface area contributed by atoms with E-state index >= 15 is 0 Å². The third-order valence-corrected chi connectivity index (χ3v) is 4.13. The van der Waals surface area contributed by atoms with E-state index in [1.54, 1.807) is 6.33 Å². The van der Waals surface area contributed by atoms with Gasteiger partial charge in [0, 0.05) is 24.2 Å². The number of hydrogen-bond acceptors (Lipinski definition) is 6. The zero-order valence-corrected chi connectivity index (χ0v) is 17.2. The second-order valence-electron chi connectivity index (χ2n) is 8.23. The summed E-state index contributed by atoms with van der Waals surface area (Å²) in [4.78, 5) is 11.2. The fourth-order valence-electron chi connectivity index (χ4n) is 3.11. The molecule has 2 rings (SSSR count). The Bertz CT molecular complexity index is 732. The zero-order chi connectivity index (χ0) is 19.5. The lowest BCUT2D eigenvalue weighted by Gasteiger charge is -2.30. The molecule has 26 heavy (non-hydrogen) atoms. The van der Waals surface area contributed by atoms with E-state index in [4.69, 9.17) is 0 Å². The highest BCUT2D eigenvalue weighted by Crippen LogP contribution is 2.20. The maximum atomic E-state index is 4.53. The summed E-state index contributed by atoms with van der Waals surface area (Å²) < 4.78 is 1.94. The van der Waals surface area contributed by atoms with E-state index in [-0.39, 0.29) is 5.54 Å². The zero-order valence-electron chi connectivity index (χ0n) is 17.2. The third kappa shape index (κ3) is 5.17. The Labute approximate surface area is 156 Å². The summed E-state index contributed by atoms with van der Waals surface area (Å²) in [5.74, 6) is 1.42. The number of nitrogens with one attached hydrogen (secondary N) is 2. The van der Waals surface area contributed by atoms with Crippen LogP contribution >= 0.6 is 0 Å². The topological polar surface area (TPSA) is 70.9 Å². The first-order chi connectivity index (χ1) is 12.1. The minimum absolute atomic E-state index is 0.0719. The second kappa shape index (κ2) is 8.03. The molecule has 144 valence electrons. The van der Waals surface area contributed by atoms with Crippen molar-refractivity contribution in [2.24, 2.45) is 0 Å². The fraction of sp³-hybridized carbons (Fsp3) is 0.632. The van der Waals surface area contributed by atoms with Crippen LogP contribution in [0.15, 0.2) is 24.9 Å². The molecule has 0 saturated heterocycles. The van der Waals surface area contributed by atoms with Gasteiger partial charge in [-0.3, -0.25) is 4.90 Å². The van der Waals surface area contributed by atoms with Gasteiger partial charge in [0.25, 0.3) is 0 Å². The van der Waals surface area contributed by atoms with Gasteiger partial charge in [0.2, 0.25) is 0 Å². The van der Waals surface area contributed by atoms with Gasteiger partial charge in [-0.25, -0.2) is 14.6 Å². The smallest absolute Gasteiger partial charge is 0.163 e. The summed E-state index contributed by atoms with van der Waals surface area (Å²) in [6, 6.07) is 0.992. The number of anilines is 1. The van der Waals surface area contributed by atoms with Gasteiger partial charge in [0.05, 0.1) is 23.9 Å². The summed E-state index contributed by atoms with van der Waals surface area (Å²) >= 11 is 0. The van der Waals surface area contributed by atoms with Crippen LogP contribution in [-0.4, -0.2) is 48.8 Å². The Morgan fingerprint density at radius 3 is 2.42 bits per heavy atom. The van der Waals surface area contributed by atoms with Crippen LogP contribution in [0.5, 0.6) is 0 Å². The lowest BCUT2D eigenvalue weighted by atomic mass is 10.1. The highest BCUT2D eigenvalue weighted by molar-refractivity contribution is 5.86. The summed E-state index contributed by atoms with van der Waals surface area (Å²) in [6.07, 6.45) is 3.38. The molecule has 7 heteroatoms. The molecule has 0 aliphatic carbocycles. The van der Waals surface area contributed by atoms with E-state index in [2.05, 4.69) is 85.6 Å². The van der Waals surface area contributed by atoms with E-state index in [1.165, 1.54) is 0 Å². The Morgan fingerprint density at radius 2 is 1.85 bits per heavy atom. The molecule has 7 nitrogen and oxygen atoms in total. The molecule has 0 amide bonds. The highest BCUT2D eigenvalue weighted by Gasteiger charge is 2.16. The summed E-state index contributed by atoms with van der Waals surface area (Å²) in [5, 5.41) is 12.0. The summed E-state index contributed by atoms with van der Waals surface area (Å²) in [7, 11) is 0. The van der Waals surface area contributed by atoms with Crippen LogP contribution < -0.4 is 10.6 Å². The Kier molecular flexibility index (Phi) is 6.23. The number of rotatable bonds is 8. The highest BCUT2D eigenvalue weighted by atomic mass is 15.3. The van der Waals surface area contributed by atoms with Gasteiger partial charge in [0.15, 0.2) is 5.65 Å². The van der Waals surface area contributed by atoms with Gasteiger partial charge in [-0.1, -0.05) is 6.58 Å². The van der Waals surface area contributed by atoms with Gasteiger partial charge in [-0.05, 0) is 48.5 Å². The molecule has 0 aromatic carbocycles. The monoisotopic (exact) mass is 359 g/mol. The van der Waals surface area contributed by atoms with Crippen molar-refractivity contribution in [1.29, 1.82) is 0 Å². The minimum atomic E-state index is -0.0719. The van der Waals surface area contributed by atoms with Crippen molar-refractivity contribution in [3.63, 3.8) is 0 Å². The van der Waals surface area contributed by atoms with E-state index in [9.17, 15) is 0 Å². The average Bonchev–Trinajstić information content (AvgIpc) is 2.89. The Morgan fingerprint density at radius 1 is 1.19 bits per heavy atom. The van der Waals surface area contributed by atoms with Gasteiger partial charge >= 0.3 is 0 Å². The predicted molar refractivity (Wildman–Crippen MR) is 108 cm³/mol. The summed E-state index contributed by atoms with van der Waals surface area (Å²) in [5.41, 5.74) is 0.760. The molecule has 2 aromatic heterocycles. The molecule has 0 bridgehead atoms. The van der Waals surface area contributed by atoms with Crippen molar-refractivity contribution in [3.05, 3.63) is 24.9 Å². The standard InChI is InChI=1S/C19H33N7/c1-13(2)25(14(3)4)9-10-26-18-16(11-22-26)17(20-12-21-18)23-15(5)24-19(6,7)8/h11-14,24H,5,9-10H2,1-4,6-8H3,(H,20,21,23). The van der Waals surface area contributed by atoms with Gasteiger partial charge in [-0.2, -0.15) is 5.10 Å². The second-order valence-corrected chi connectivity index (χ2v) is 8.23. The van der Waals surface area contributed by atoms with E-state index in [0.717, 1.165) is 24.1 Å². The van der Waals surface area contributed by atoms with Crippen molar-refractivity contribution >= 4 is 16.9 Å². The van der Waals surface area contributed by atoms with Gasteiger partial charge < -0.3 is 10.6 Å². The van der Waals surface area contributed by atoms with Crippen LogP contribution in [0.2, 0.25) is 0 Å². The Balaban J connectivity index is 2.16. The lowest BCUT2D eigenvalue weighted by molar-refractivity contribution is 0.167. The van der Waals surface area contributed by atoms with Gasteiger partial charge in [-0.15, -0.1) is 0 Å². The maximum Gasteiger partial charge on any atom is 0.163 e.